The lowest BCUT2D eigenvalue weighted by atomic mass is 10.1. The molecule has 1 amide bonds. The summed E-state index contributed by atoms with van der Waals surface area (Å²) in [5.41, 5.74) is 5.49. The van der Waals surface area contributed by atoms with E-state index < -0.39 is 0 Å². The molecule has 1 saturated heterocycles. The summed E-state index contributed by atoms with van der Waals surface area (Å²) in [6, 6.07) is 16.1. The van der Waals surface area contributed by atoms with E-state index in [9.17, 15) is 4.79 Å². The van der Waals surface area contributed by atoms with Gasteiger partial charge in [0, 0.05) is 48.8 Å². The molecule has 0 unspecified atom stereocenters. The van der Waals surface area contributed by atoms with E-state index >= 15 is 0 Å². The van der Waals surface area contributed by atoms with E-state index in [0.717, 1.165) is 54.6 Å². The van der Waals surface area contributed by atoms with Gasteiger partial charge in [-0.3, -0.25) is 9.20 Å². The highest BCUT2D eigenvalue weighted by Gasteiger charge is 2.14. The monoisotopic (exact) mass is 453 g/mol. The molecule has 0 spiro atoms. The number of hydrogen-bond acceptors (Lipinski definition) is 6. The molecule has 3 heterocycles. The Hall–Kier alpha value is -4.17. The SMILES string of the molecule is C=CC(=O)Nc1cccc(-c2cnc3cnc(Nc4ccc(N5CCN(C)CC5)cc4)cn23)c1. The van der Waals surface area contributed by atoms with Crippen molar-refractivity contribution in [3.63, 3.8) is 0 Å². The van der Waals surface area contributed by atoms with Gasteiger partial charge in [-0.2, -0.15) is 0 Å². The van der Waals surface area contributed by atoms with Crippen molar-refractivity contribution in [1.82, 2.24) is 19.3 Å². The van der Waals surface area contributed by atoms with E-state index in [-0.39, 0.29) is 5.91 Å². The first-order chi connectivity index (χ1) is 16.6. The maximum Gasteiger partial charge on any atom is 0.247 e. The van der Waals surface area contributed by atoms with E-state index in [1.807, 2.05) is 34.9 Å². The van der Waals surface area contributed by atoms with E-state index in [0.29, 0.717) is 5.69 Å². The van der Waals surface area contributed by atoms with Crippen molar-refractivity contribution < 1.29 is 4.79 Å². The number of aromatic nitrogens is 3. The van der Waals surface area contributed by atoms with Crippen LogP contribution in [0.1, 0.15) is 0 Å². The zero-order valence-electron chi connectivity index (χ0n) is 19.1. The Bertz CT molecular complexity index is 1320. The maximum absolute atomic E-state index is 11.7. The highest BCUT2D eigenvalue weighted by atomic mass is 16.1. The Labute approximate surface area is 198 Å². The summed E-state index contributed by atoms with van der Waals surface area (Å²) >= 11 is 0. The Morgan fingerprint density at radius 1 is 1.00 bits per heavy atom. The predicted molar refractivity (Wildman–Crippen MR) is 137 cm³/mol. The molecule has 1 aliphatic heterocycles. The Balaban J connectivity index is 1.36. The second kappa shape index (κ2) is 9.36. The van der Waals surface area contributed by atoms with Crippen molar-refractivity contribution in [1.29, 1.82) is 0 Å². The molecule has 8 nitrogen and oxygen atoms in total. The van der Waals surface area contributed by atoms with Gasteiger partial charge in [-0.05, 0) is 49.5 Å². The van der Waals surface area contributed by atoms with Crippen LogP contribution < -0.4 is 15.5 Å². The van der Waals surface area contributed by atoms with Crippen molar-refractivity contribution in [3.8, 4) is 11.3 Å². The number of carbonyl (C=O) groups excluding carboxylic acids is 1. The quantitative estimate of drug-likeness (QED) is 0.430. The van der Waals surface area contributed by atoms with Crippen LogP contribution in [-0.2, 0) is 4.79 Å². The topological polar surface area (TPSA) is 77.8 Å². The van der Waals surface area contributed by atoms with Crippen LogP contribution in [0.25, 0.3) is 16.9 Å². The number of rotatable bonds is 6. The predicted octanol–water partition coefficient (Wildman–Crippen LogP) is 4.02. The van der Waals surface area contributed by atoms with Crippen LogP contribution in [-0.4, -0.2) is 58.4 Å². The minimum Gasteiger partial charge on any atom is -0.369 e. The van der Waals surface area contributed by atoms with Gasteiger partial charge in [0.1, 0.15) is 5.82 Å². The van der Waals surface area contributed by atoms with Crippen LogP contribution in [0.5, 0.6) is 0 Å². The standard InChI is InChI=1S/C26H27N7O/c1-3-26(34)30-21-6-4-5-19(15-21)23-16-28-25-17-27-24(18-33(23)25)29-20-7-9-22(10-8-20)32-13-11-31(2)12-14-32/h3-10,15-18,29H,1,11-14H2,2H3,(H,30,34). The van der Waals surface area contributed by atoms with Crippen LogP contribution in [0, 0.1) is 0 Å². The Morgan fingerprint density at radius 2 is 1.79 bits per heavy atom. The minimum atomic E-state index is -0.246. The smallest absolute Gasteiger partial charge is 0.247 e. The summed E-state index contributed by atoms with van der Waals surface area (Å²) in [5, 5.41) is 6.19. The third kappa shape index (κ3) is 4.62. The van der Waals surface area contributed by atoms with Crippen molar-refractivity contribution in [2.75, 3.05) is 48.8 Å². The second-order valence-electron chi connectivity index (χ2n) is 8.38. The molecule has 172 valence electrons. The number of carbonyl (C=O) groups is 1. The number of amides is 1. The Morgan fingerprint density at radius 3 is 2.56 bits per heavy atom. The normalized spacial score (nSPS) is 14.2. The van der Waals surface area contributed by atoms with Crippen LogP contribution in [0.3, 0.4) is 0 Å². The van der Waals surface area contributed by atoms with Gasteiger partial charge in [-0.25, -0.2) is 9.97 Å². The lowest BCUT2D eigenvalue weighted by molar-refractivity contribution is -0.111. The first-order valence-electron chi connectivity index (χ1n) is 11.3. The number of imidazole rings is 1. The average molecular weight is 454 g/mol. The van der Waals surface area contributed by atoms with E-state index in [4.69, 9.17) is 0 Å². The van der Waals surface area contributed by atoms with Crippen LogP contribution >= 0.6 is 0 Å². The molecular formula is C26H27N7O. The highest BCUT2D eigenvalue weighted by Crippen LogP contribution is 2.26. The van der Waals surface area contributed by atoms with Gasteiger partial charge >= 0.3 is 0 Å². The Kier molecular flexibility index (Phi) is 5.97. The zero-order chi connectivity index (χ0) is 23.5. The first kappa shape index (κ1) is 21.7. The molecule has 0 radical (unpaired) electrons. The van der Waals surface area contributed by atoms with Crippen molar-refractivity contribution >= 4 is 34.4 Å². The molecule has 5 rings (SSSR count). The molecule has 0 saturated carbocycles. The number of nitrogens with zero attached hydrogens (tertiary/aromatic N) is 5. The maximum atomic E-state index is 11.7. The highest BCUT2D eigenvalue weighted by molar-refractivity contribution is 5.99. The molecule has 0 bridgehead atoms. The van der Waals surface area contributed by atoms with Crippen LogP contribution in [0.2, 0.25) is 0 Å². The molecule has 4 aromatic rings. The summed E-state index contributed by atoms with van der Waals surface area (Å²) < 4.78 is 1.99. The summed E-state index contributed by atoms with van der Waals surface area (Å²) in [6.07, 6.45) is 6.73. The molecule has 2 N–H and O–H groups in total. The fraction of sp³-hybridized carbons (Fsp3) is 0.192. The fourth-order valence-corrected chi connectivity index (χ4v) is 4.09. The number of piperazine rings is 1. The average Bonchev–Trinajstić information content (AvgIpc) is 3.28. The van der Waals surface area contributed by atoms with Gasteiger partial charge in [0.05, 0.1) is 24.3 Å². The largest absolute Gasteiger partial charge is 0.369 e. The molecule has 8 heteroatoms. The first-order valence-corrected chi connectivity index (χ1v) is 11.3. The molecular weight excluding hydrogens is 426 g/mol. The minimum absolute atomic E-state index is 0.246. The van der Waals surface area contributed by atoms with Gasteiger partial charge < -0.3 is 20.4 Å². The van der Waals surface area contributed by atoms with Crippen LogP contribution in [0.15, 0.2) is 79.8 Å². The van der Waals surface area contributed by atoms with Crippen LogP contribution in [0.4, 0.5) is 22.9 Å². The van der Waals surface area contributed by atoms with Gasteiger partial charge in [0.15, 0.2) is 5.65 Å². The number of likely N-dealkylation sites (N-methyl/N-ethyl adjacent to an activating group) is 1. The number of anilines is 4. The van der Waals surface area contributed by atoms with Gasteiger partial charge in [0.2, 0.25) is 5.91 Å². The number of nitrogens with one attached hydrogen (secondary N) is 2. The van der Waals surface area contributed by atoms with E-state index in [1.54, 1.807) is 12.4 Å². The third-order valence-corrected chi connectivity index (χ3v) is 6.02. The molecule has 2 aromatic heterocycles. The van der Waals surface area contributed by atoms with Gasteiger partial charge in [-0.1, -0.05) is 18.7 Å². The molecule has 2 aromatic carbocycles. The molecule has 34 heavy (non-hydrogen) atoms. The summed E-state index contributed by atoms with van der Waals surface area (Å²) in [5.74, 6) is 0.472. The summed E-state index contributed by atoms with van der Waals surface area (Å²) in [7, 11) is 2.16. The molecule has 1 fully saturated rings. The number of benzene rings is 2. The van der Waals surface area contributed by atoms with E-state index in [2.05, 4.69) is 68.3 Å². The zero-order valence-corrected chi connectivity index (χ0v) is 19.1. The third-order valence-electron chi connectivity index (χ3n) is 6.02. The molecule has 1 aliphatic rings. The van der Waals surface area contributed by atoms with Gasteiger partial charge in [-0.15, -0.1) is 0 Å². The molecule has 0 atom stereocenters. The number of fused-ring (bicyclic) bond motifs is 1. The van der Waals surface area contributed by atoms with Gasteiger partial charge in [0.25, 0.3) is 0 Å². The lowest BCUT2D eigenvalue weighted by Crippen LogP contribution is -2.44. The van der Waals surface area contributed by atoms with Crippen molar-refractivity contribution in [2.24, 2.45) is 0 Å². The fourth-order valence-electron chi connectivity index (χ4n) is 4.09. The lowest BCUT2D eigenvalue weighted by Gasteiger charge is -2.34. The van der Waals surface area contributed by atoms with Crippen molar-refractivity contribution in [3.05, 3.63) is 79.8 Å². The summed E-state index contributed by atoms with van der Waals surface area (Å²) in [6.45, 7) is 7.76. The number of hydrogen-bond donors (Lipinski definition) is 2. The summed E-state index contributed by atoms with van der Waals surface area (Å²) in [4.78, 5) is 25.4. The molecule has 0 aliphatic carbocycles. The van der Waals surface area contributed by atoms with Crippen molar-refractivity contribution in [2.45, 2.75) is 0 Å². The second-order valence-corrected chi connectivity index (χ2v) is 8.38. The van der Waals surface area contributed by atoms with E-state index in [1.165, 1.54) is 11.8 Å².